The highest BCUT2D eigenvalue weighted by molar-refractivity contribution is 5.21. The van der Waals surface area contributed by atoms with Crippen molar-refractivity contribution in [3.63, 3.8) is 0 Å². The average molecular weight is 178 g/mol. The Morgan fingerprint density at radius 3 is 2.69 bits per heavy atom. The van der Waals surface area contributed by atoms with E-state index in [2.05, 4.69) is 12.1 Å². The number of ether oxygens (including phenoxy) is 1. The Morgan fingerprint density at radius 1 is 1.23 bits per heavy atom. The Morgan fingerprint density at radius 2 is 2.00 bits per heavy atom. The Bertz CT molecular complexity index is 258. The zero-order chi connectivity index (χ0) is 9.10. The highest BCUT2D eigenvalue weighted by Crippen LogP contribution is 2.26. The molecule has 0 amide bonds. The summed E-state index contributed by atoms with van der Waals surface area (Å²) in [7, 11) is 0. The molecule has 1 saturated heterocycles. The second-order valence-corrected chi connectivity index (χ2v) is 3.45. The van der Waals surface area contributed by atoms with Gasteiger partial charge in [-0.1, -0.05) is 30.3 Å². The van der Waals surface area contributed by atoms with Gasteiger partial charge >= 0.3 is 0 Å². The van der Waals surface area contributed by atoms with Crippen LogP contribution in [0.5, 0.6) is 0 Å². The van der Waals surface area contributed by atoms with Crippen LogP contribution in [0.25, 0.3) is 0 Å². The van der Waals surface area contributed by atoms with E-state index in [4.69, 9.17) is 4.74 Å². The van der Waals surface area contributed by atoms with Gasteiger partial charge in [0.15, 0.2) is 0 Å². The minimum atomic E-state index is -0.337. The highest BCUT2D eigenvalue weighted by atomic mass is 16.5. The van der Waals surface area contributed by atoms with Crippen LogP contribution < -0.4 is 0 Å². The molecule has 0 bridgehead atoms. The molecule has 70 valence electrons. The van der Waals surface area contributed by atoms with E-state index in [0.29, 0.717) is 6.61 Å². The van der Waals surface area contributed by atoms with Crippen molar-refractivity contribution in [3.8, 4) is 0 Å². The van der Waals surface area contributed by atoms with Gasteiger partial charge in [-0.15, -0.1) is 0 Å². The molecule has 0 radical (unpaired) electrons. The van der Waals surface area contributed by atoms with Gasteiger partial charge in [0.05, 0.1) is 12.7 Å². The number of hydrogen-bond donors (Lipinski definition) is 1. The summed E-state index contributed by atoms with van der Waals surface area (Å²) in [6.45, 7) is 1.23. The molecule has 1 aromatic carbocycles. The van der Waals surface area contributed by atoms with Crippen LogP contribution in [-0.2, 0) is 4.74 Å². The first-order valence-corrected chi connectivity index (χ1v) is 4.68. The Balaban J connectivity index is 2.15. The summed E-state index contributed by atoms with van der Waals surface area (Å²) in [5.74, 6) is 0.259. The fourth-order valence-electron chi connectivity index (χ4n) is 1.81. The molecule has 0 spiro atoms. The van der Waals surface area contributed by atoms with Gasteiger partial charge in [0, 0.05) is 12.5 Å². The smallest absolute Gasteiger partial charge is 0.0842 e. The lowest BCUT2D eigenvalue weighted by Gasteiger charge is -2.27. The lowest BCUT2D eigenvalue weighted by Crippen LogP contribution is -2.30. The van der Waals surface area contributed by atoms with Crippen LogP contribution in [0.4, 0.5) is 0 Å². The van der Waals surface area contributed by atoms with Crippen molar-refractivity contribution in [1.29, 1.82) is 0 Å². The fraction of sp³-hybridized carbons (Fsp3) is 0.455. The maximum absolute atomic E-state index is 9.70. The van der Waals surface area contributed by atoms with Gasteiger partial charge in [0.25, 0.3) is 0 Å². The van der Waals surface area contributed by atoms with E-state index < -0.39 is 0 Å². The fourth-order valence-corrected chi connectivity index (χ4v) is 1.81. The van der Waals surface area contributed by atoms with Crippen LogP contribution in [0, 0.1) is 0 Å². The van der Waals surface area contributed by atoms with Crippen molar-refractivity contribution in [2.45, 2.75) is 18.4 Å². The zero-order valence-corrected chi connectivity index (χ0v) is 7.52. The number of aliphatic hydroxyl groups excluding tert-OH is 1. The second kappa shape index (κ2) is 3.90. The van der Waals surface area contributed by atoms with Crippen LogP contribution in [0.1, 0.15) is 17.9 Å². The first-order valence-electron chi connectivity index (χ1n) is 4.68. The quantitative estimate of drug-likeness (QED) is 0.707. The standard InChI is InChI=1S/C11H14O2/c12-11-8-13-7-6-10(11)9-4-2-1-3-5-9/h1-5,10-12H,6-8H2/t10-,11?/m0/s1. The molecule has 1 N–H and O–H groups in total. The molecular formula is C11H14O2. The van der Waals surface area contributed by atoms with E-state index in [0.717, 1.165) is 13.0 Å². The predicted octanol–water partition coefficient (Wildman–Crippen LogP) is 1.55. The number of hydrogen-bond acceptors (Lipinski definition) is 2. The Hall–Kier alpha value is -0.860. The van der Waals surface area contributed by atoms with Crippen LogP contribution in [0.15, 0.2) is 30.3 Å². The molecule has 1 aliphatic heterocycles. The monoisotopic (exact) mass is 178 g/mol. The third-order valence-electron chi connectivity index (χ3n) is 2.55. The van der Waals surface area contributed by atoms with E-state index >= 15 is 0 Å². The predicted molar refractivity (Wildman–Crippen MR) is 50.6 cm³/mol. The maximum atomic E-state index is 9.70. The van der Waals surface area contributed by atoms with Gasteiger partial charge in [0.2, 0.25) is 0 Å². The second-order valence-electron chi connectivity index (χ2n) is 3.45. The van der Waals surface area contributed by atoms with Crippen molar-refractivity contribution < 1.29 is 9.84 Å². The molecule has 2 heteroatoms. The summed E-state index contributed by atoms with van der Waals surface area (Å²) < 4.78 is 5.18. The largest absolute Gasteiger partial charge is 0.390 e. The first kappa shape index (κ1) is 8.73. The van der Waals surface area contributed by atoms with Crippen molar-refractivity contribution >= 4 is 0 Å². The molecule has 2 rings (SSSR count). The summed E-state index contributed by atoms with van der Waals surface area (Å²) in [5.41, 5.74) is 1.22. The topological polar surface area (TPSA) is 29.5 Å². The Labute approximate surface area is 78.2 Å². The molecule has 1 unspecified atom stereocenters. The molecule has 2 nitrogen and oxygen atoms in total. The van der Waals surface area contributed by atoms with Gasteiger partial charge in [-0.3, -0.25) is 0 Å². The van der Waals surface area contributed by atoms with Crippen LogP contribution in [0.2, 0.25) is 0 Å². The lowest BCUT2D eigenvalue weighted by molar-refractivity contribution is -0.0205. The molecule has 13 heavy (non-hydrogen) atoms. The molecule has 0 aromatic heterocycles. The van der Waals surface area contributed by atoms with Gasteiger partial charge < -0.3 is 9.84 Å². The van der Waals surface area contributed by atoms with E-state index in [1.807, 2.05) is 18.2 Å². The summed E-state index contributed by atoms with van der Waals surface area (Å²) >= 11 is 0. The van der Waals surface area contributed by atoms with Crippen LogP contribution >= 0.6 is 0 Å². The maximum Gasteiger partial charge on any atom is 0.0842 e. The number of rotatable bonds is 1. The molecule has 1 fully saturated rings. The van der Waals surface area contributed by atoms with Crippen molar-refractivity contribution in [3.05, 3.63) is 35.9 Å². The summed E-state index contributed by atoms with van der Waals surface area (Å²) in [4.78, 5) is 0. The van der Waals surface area contributed by atoms with Crippen LogP contribution in [-0.4, -0.2) is 24.4 Å². The van der Waals surface area contributed by atoms with Gasteiger partial charge in [-0.2, -0.15) is 0 Å². The molecule has 0 saturated carbocycles. The third kappa shape index (κ3) is 1.90. The highest BCUT2D eigenvalue weighted by Gasteiger charge is 2.24. The van der Waals surface area contributed by atoms with Crippen LogP contribution in [0.3, 0.4) is 0 Å². The number of benzene rings is 1. The van der Waals surface area contributed by atoms with E-state index in [-0.39, 0.29) is 12.0 Å². The van der Waals surface area contributed by atoms with Crippen molar-refractivity contribution in [1.82, 2.24) is 0 Å². The van der Waals surface area contributed by atoms with Crippen molar-refractivity contribution in [2.75, 3.05) is 13.2 Å². The minimum absolute atomic E-state index is 0.259. The van der Waals surface area contributed by atoms with Gasteiger partial charge in [-0.25, -0.2) is 0 Å². The van der Waals surface area contributed by atoms with E-state index in [1.165, 1.54) is 5.56 Å². The zero-order valence-electron chi connectivity index (χ0n) is 7.52. The first-order chi connectivity index (χ1) is 6.38. The summed E-state index contributed by atoms with van der Waals surface area (Å²) in [6.07, 6.45) is 0.585. The molecular weight excluding hydrogens is 164 g/mol. The SMILES string of the molecule is OC1COCC[C@H]1c1ccccc1. The van der Waals surface area contributed by atoms with Gasteiger partial charge in [0.1, 0.15) is 0 Å². The van der Waals surface area contributed by atoms with Crippen molar-refractivity contribution in [2.24, 2.45) is 0 Å². The normalized spacial score (nSPS) is 28.7. The van der Waals surface area contributed by atoms with E-state index in [9.17, 15) is 5.11 Å². The molecule has 1 aliphatic rings. The molecule has 0 aliphatic carbocycles. The molecule has 2 atom stereocenters. The summed E-state index contributed by atoms with van der Waals surface area (Å²) in [5, 5.41) is 9.70. The number of aliphatic hydroxyl groups is 1. The van der Waals surface area contributed by atoms with E-state index in [1.54, 1.807) is 0 Å². The van der Waals surface area contributed by atoms with Gasteiger partial charge in [-0.05, 0) is 12.0 Å². The summed E-state index contributed by atoms with van der Waals surface area (Å²) in [6, 6.07) is 10.2. The molecule has 1 aromatic rings. The lowest BCUT2D eigenvalue weighted by atomic mass is 9.90. The molecule has 1 heterocycles. The third-order valence-corrected chi connectivity index (χ3v) is 2.55. The minimum Gasteiger partial charge on any atom is -0.390 e. The Kier molecular flexibility index (Phi) is 2.62. The average Bonchev–Trinajstić information content (AvgIpc) is 2.20.